The van der Waals surface area contributed by atoms with Gasteiger partial charge < -0.3 is 10.1 Å². The summed E-state index contributed by atoms with van der Waals surface area (Å²) < 4.78 is 5.95. The number of amides is 1. The van der Waals surface area contributed by atoms with Crippen LogP contribution < -0.4 is 5.32 Å². The molecule has 138 valence electrons. The third-order valence-electron chi connectivity index (χ3n) is 4.42. The lowest BCUT2D eigenvalue weighted by molar-refractivity contribution is -0.114. The van der Waals surface area contributed by atoms with Crippen LogP contribution in [0, 0.1) is 0 Å². The van der Waals surface area contributed by atoms with E-state index < -0.39 is 0 Å². The highest BCUT2D eigenvalue weighted by Gasteiger charge is 2.22. The average molecular weight is 393 g/mol. The third kappa shape index (κ3) is 4.98. The number of para-hydroxylation sites is 1. The number of hydrogen-bond acceptors (Lipinski definition) is 3. The third-order valence-corrected chi connectivity index (χ3v) is 5.28. The van der Waals surface area contributed by atoms with Gasteiger partial charge in [0, 0.05) is 38.7 Å². The Kier molecular flexibility index (Phi) is 6.54. The van der Waals surface area contributed by atoms with Crippen molar-refractivity contribution in [3.05, 3.63) is 63.6 Å². The van der Waals surface area contributed by atoms with Crippen molar-refractivity contribution in [3.8, 4) is 0 Å². The van der Waals surface area contributed by atoms with Gasteiger partial charge in [-0.3, -0.25) is 9.69 Å². The lowest BCUT2D eigenvalue weighted by atomic mass is 10.0. The summed E-state index contributed by atoms with van der Waals surface area (Å²) in [6, 6.07) is 13.6. The molecule has 1 saturated heterocycles. The number of nitrogens with one attached hydrogen (secondary N) is 1. The normalized spacial score (nSPS) is 17.9. The Morgan fingerprint density at radius 1 is 1.19 bits per heavy atom. The number of halogens is 2. The molecule has 0 bridgehead atoms. The molecule has 3 rings (SSSR count). The lowest BCUT2D eigenvalue weighted by Gasteiger charge is -2.33. The molecule has 4 nitrogen and oxygen atoms in total. The van der Waals surface area contributed by atoms with E-state index in [4.69, 9.17) is 27.9 Å². The first-order valence-corrected chi connectivity index (χ1v) is 9.41. The van der Waals surface area contributed by atoms with Crippen LogP contribution in [0.25, 0.3) is 0 Å². The van der Waals surface area contributed by atoms with Crippen LogP contribution in [0.3, 0.4) is 0 Å². The Balaban J connectivity index is 1.66. The number of carbonyl (C=O) groups excluding carboxylic acids is 1. The summed E-state index contributed by atoms with van der Waals surface area (Å²) in [7, 11) is 0. The Labute approximate surface area is 164 Å². The van der Waals surface area contributed by atoms with Gasteiger partial charge in [0.1, 0.15) is 0 Å². The molecular formula is C20H22Cl2N2O2. The number of anilines is 1. The van der Waals surface area contributed by atoms with E-state index in [1.807, 2.05) is 36.4 Å². The zero-order valence-corrected chi connectivity index (χ0v) is 16.2. The van der Waals surface area contributed by atoms with Gasteiger partial charge >= 0.3 is 0 Å². The second kappa shape index (κ2) is 8.87. The monoisotopic (exact) mass is 392 g/mol. The number of ether oxygens (including phenoxy) is 1. The maximum Gasteiger partial charge on any atom is 0.221 e. The SMILES string of the molecule is CC(=O)Nc1ccccc1CC1CN(Cc2cccc(Cl)c2Cl)CCO1. The molecular weight excluding hydrogens is 371 g/mol. The Morgan fingerprint density at radius 3 is 2.77 bits per heavy atom. The smallest absolute Gasteiger partial charge is 0.221 e. The number of morpholine rings is 1. The fraction of sp³-hybridized carbons (Fsp3) is 0.350. The van der Waals surface area contributed by atoms with Crippen LogP contribution in [0.4, 0.5) is 5.69 Å². The van der Waals surface area contributed by atoms with Gasteiger partial charge in [-0.25, -0.2) is 0 Å². The van der Waals surface area contributed by atoms with E-state index in [1.165, 1.54) is 6.92 Å². The molecule has 6 heteroatoms. The molecule has 2 aromatic carbocycles. The second-order valence-electron chi connectivity index (χ2n) is 6.48. The first-order valence-electron chi connectivity index (χ1n) is 8.65. The molecule has 0 saturated carbocycles. The van der Waals surface area contributed by atoms with E-state index >= 15 is 0 Å². The highest BCUT2D eigenvalue weighted by atomic mass is 35.5. The van der Waals surface area contributed by atoms with Crippen molar-refractivity contribution in [2.24, 2.45) is 0 Å². The molecule has 1 amide bonds. The fourth-order valence-corrected chi connectivity index (χ4v) is 3.59. The summed E-state index contributed by atoms with van der Waals surface area (Å²) in [6.45, 7) is 4.59. The highest BCUT2D eigenvalue weighted by Crippen LogP contribution is 2.27. The predicted octanol–water partition coefficient (Wildman–Crippen LogP) is 4.40. The van der Waals surface area contributed by atoms with E-state index in [0.717, 1.165) is 42.9 Å². The Bertz CT molecular complexity index is 782. The summed E-state index contributed by atoms with van der Waals surface area (Å²) >= 11 is 12.4. The highest BCUT2D eigenvalue weighted by molar-refractivity contribution is 6.42. The van der Waals surface area contributed by atoms with Crippen LogP contribution in [0.5, 0.6) is 0 Å². The minimum absolute atomic E-state index is 0.0663. The predicted molar refractivity (Wildman–Crippen MR) is 106 cm³/mol. The van der Waals surface area contributed by atoms with Crippen LogP contribution in [0.2, 0.25) is 10.0 Å². The van der Waals surface area contributed by atoms with Gasteiger partial charge in [-0.05, 0) is 23.3 Å². The molecule has 1 unspecified atom stereocenters. The fourth-order valence-electron chi connectivity index (χ4n) is 3.21. The molecule has 0 aromatic heterocycles. The van der Waals surface area contributed by atoms with E-state index in [0.29, 0.717) is 16.7 Å². The van der Waals surface area contributed by atoms with Gasteiger partial charge in [-0.15, -0.1) is 0 Å². The summed E-state index contributed by atoms with van der Waals surface area (Å²) in [6.07, 6.45) is 0.813. The number of carbonyl (C=O) groups is 1. The largest absolute Gasteiger partial charge is 0.375 e. The Morgan fingerprint density at radius 2 is 1.96 bits per heavy atom. The molecule has 1 fully saturated rings. The zero-order valence-electron chi connectivity index (χ0n) is 14.7. The van der Waals surface area contributed by atoms with Gasteiger partial charge in [-0.2, -0.15) is 0 Å². The van der Waals surface area contributed by atoms with Gasteiger partial charge in [-0.1, -0.05) is 53.5 Å². The van der Waals surface area contributed by atoms with E-state index in [2.05, 4.69) is 10.2 Å². The van der Waals surface area contributed by atoms with Crippen LogP contribution in [-0.2, 0) is 22.5 Å². The minimum atomic E-state index is -0.0702. The van der Waals surface area contributed by atoms with Crippen LogP contribution in [-0.4, -0.2) is 36.6 Å². The standard InChI is InChI=1S/C20H22Cl2N2O2/c1-14(25)23-19-8-3-2-5-15(19)11-17-13-24(9-10-26-17)12-16-6-4-7-18(21)20(16)22/h2-8,17H,9-13H2,1H3,(H,23,25). The maximum atomic E-state index is 11.4. The van der Waals surface area contributed by atoms with Gasteiger partial charge in [0.2, 0.25) is 5.91 Å². The quantitative estimate of drug-likeness (QED) is 0.819. The summed E-state index contributed by atoms with van der Waals surface area (Å²) in [5.74, 6) is -0.0702. The average Bonchev–Trinajstić information content (AvgIpc) is 2.61. The van der Waals surface area contributed by atoms with Crippen molar-refractivity contribution in [1.82, 2.24) is 4.90 Å². The first kappa shape index (κ1) is 19.2. The zero-order chi connectivity index (χ0) is 18.5. The lowest BCUT2D eigenvalue weighted by Crippen LogP contribution is -2.43. The molecule has 26 heavy (non-hydrogen) atoms. The van der Waals surface area contributed by atoms with E-state index in [9.17, 15) is 4.79 Å². The van der Waals surface area contributed by atoms with Crippen molar-refractivity contribution in [3.63, 3.8) is 0 Å². The van der Waals surface area contributed by atoms with Crippen molar-refractivity contribution in [2.75, 3.05) is 25.0 Å². The summed E-state index contributed by atoms with van der Waals surface area (Å²) in [5.41, 5.74) is 2.95. The van der Waals surface area contributed by atoms with E-state index in [-0.39, 0.29) is 12.0 Å². The Hall–Kier alpha value is -1.59. The first-order chi connectivity index (χ1) is 12.5. The van der Waals surface area contributed by atoms with Gasteiger partial charge in [0.15, 0.2) is 0 Å². The van der Waals surface area contributed by atoms with Crippen molar-refractivity contribution >= 4 is 34.8 Å². The summed E-state index contributed by atoms with van der Waals surface area (Å²) in [4.78, 5) is 13.7. The molecule has 0 aliphatic carbocycles. The number of hydrogen-bond donors (Lipinski definition) is 1. The molecule has 0 radical (unpaired) electrons. The molecule has 1 heterocycles. The maximum absolute atomic E-state index is 11.4. The van der Waals surface area contributed by atoms with E-state index in [1.54, 1.807) is 6.07 Å². The summed E-state index contributed by atoms with van der Waals surface area (Å²) in [5, 5.41) is 4.09. The topological polar surface area (TPSA) is 41.6 Å². The molecule has 1 N–H and O–H groups in total. The minimum Gasteiger partial charge on any atom is -0.375 e. The van der Waals surface area contributed by atoms with Crippen molar-refractivity contribution in [2.45, 2.75) is 26.0 Å². The molecule has 1 atom stereocenters. The molecule has 1 aliphatic heterocycles. The number of benzene rings is 2. The van der Waals surface area contributed by atoms with Crippen LogP contribution >= 0.6 is 23.2 Å². The molecule has 2 aromatic rings. The number of rotatable bonds is 5. The number of nitrogens with zero attached hydrogens (tertiary/aromatic N) is 1. The van der Waals surface area contributed by atoms with Crippen molar-refractivity contribution < 1.29 is 9.53 Å². The van der Waals surface area contributed by atoms with Crippen LogP contribution in [0.15, 0.2) is 42.5 Å². The van der Waals surface area contributed by atoms with Gasteiger partial charge in [0.25, 0.3) is 0 Å². The molecule has 0 spiro atoms. The van der Waals surface area contributed by atoms with Crippen molar-refractivity contribution in [1.29, 1.82) is 0 Å². The van der Waals surface area contributed by atoms with Gasteiger partial charge in [0.05, 0.1) is 22.8 Å². The van der Waals surface area contributed by atoms with Crippen LogP contribution in [0.1, 0.15) is 18.1 Å². The second-order valence-corrected chi connectivity index (χ2v) is 7.27. The molecule has 1 aliphatic rings.